The average Bonchev–Trinajstić information content (AvgIpc) is 2.74. The molecule has 2 unspecified atom stereocenters. The first-order valence-electron chi connectivity index (χ1n) is 7.15. The summed E-state index contributed by atoms with van der Waals surface area (Å²) < 4.78 is 13.0. The normalized spacial score (nSPS) is 27.6. The molecule has 3 nitrogen and oxygen atoms in total. The fraction of sp³-hybridized carbons (Fsp3) is 0.500. The van der Waals surface area contributed by atoms with Crippen LogP contribution < -0.4 is 5.32 Å². The Labute approximate surface area is 127 Å². The summed E-state index contributed by atoms with van der Waals surface area (Å²) in [5, 5.41) is 4.73. The van der Waals surface area contributed by atoms with Gasteiger partial charge in [-0.05, 0) is 44.0 Å². The Bertz CT molecular complexity index is 610. The number of nitrogens with one attached hydrogen (secondary N) is 1. The summed E-state index contributed by atoms with van der Waals surface area (Å²) in [7, 11) is 0. The number of fused-ring (bicyclic) bond motifs is 1. The molecular formula is C16H20BrNO2. The SMILES string of the molecule is CCC1(C)CCOC(c2cc3cc(Br)ccc3o2)CN1. The highest BCUT2D eigenvalue weighted by Crippen LogP contribution is 2.30. The second-order valence-corrected chi connectivity index (χ2v) is 6.65. The minimum atomic E-state index is -0.00505. The first kappa shape index (κ1) is 14.1. The number of ether oxygens (including phenoxy) is 1. The molecule has 0 amide bonds. The van der Waals surface area contributed by atoms with Gasteiger partial charge in [-0.3, -0.25) is 0 Å². The van der Waals surface area contributed by atoms with Crippen LogP contribution in [0.25, 0.3) is 11.0 Å². The number of benzene rings is 1. The van der Waals surface area contributed by atoms with Crippen molar-refractivity contribution < 1.29 is 9.15 Å². The maximum absolute atomic E-state index is 5.98. The molecule has 1 fully saturated rings. The highest BCUT2D eigenvalue weighted by molar-refractivity contribution is 9.10. The molecule has 0 saturated carbocycles. The number of halogens is 1. The Kier molecular flexibility index (Phi) is 3.89. The molecule has 1 aromatic heterocycles. The van der Waals surface area contributed by atoms with Crippen molar-refractivity contribution in [2.45, 2.75) is 38.3 Å². The van der Waals surface area contributed by atoms with Crippen LogP contribution in [0.15, 0.2) is 33.2 Å². The van der Waals surface area contributed by atoms with Crippen molar-refractivity contribution in [1.29, 1.82) is 0 Å². The third kappa shape index (κ3) is 2.78. The summed E-state index contributed by atoms with van der Waals surface area (Å²) in [5.41, 5.74) is 1.08. The van der Waals surface area contributed by atoms with E-state index >= 15 is 0 Å². The lowest BCUT2D eigenvalue weighted by molar-refractivity contribution is 0.0513. The molecule has 0 aliphatic carbocycles. The van der Waals surface area contributed by atoms with Gasteiger partial charge in [0.15, 0.2) is 0 Å². The van der Waals surface area contributed by atoms with Gasteiger partial charge in [0.05, 0.1) is 0 Å². The van der Waals surface area contributed by atoms with Gasteiger partial charge in [0.2, 0.25) is 0 Å². The van der Waals surface area contributed by atoms with Gasteiger partial charge >= 0.3 is 0 Å². The van der Waals surface area contributed by atoms with Crippen LogP contribution in [0.4, 0.5) is 0 Å². The number of hydrogen-bond donors (Lipinski definition) is 1. The lowest BCUT2D eigenvalue weighted by Crippen LogP contribution is -2.42. The molecule has 2 aromatic rings. The van der Waals surface area contributed by atoms with E-state index in [0.717, 1.165) is 47.2 Å². The highest BCUT2D eigenvalue weighted by atomic mass is 79.9. The van der Waals surface area contributed by atoms with Crippen molar-refractivity contribution in [3.8, 4) is 0 Å². The smallest absolute Gasteiger partial charge is 0.135 e. The van der Waals surface area contributed by atoms with Crippen LogP contribution >= 0.6 is 15.9 Å². The lowest BCUT2D eigenvalue weighted by Gasteiger charge is -2.27. The lowest BCUT2D eigenvalue weighted by atomic mass is 9.95. The standard InChI is InChI=1S/C16H20BrNO2/c1-3-16(2)6-7-19-15(10-18-16)14-9-11-8-12(17)4-5-13(11)20-14/h4-5,8-9,15,18H,3,6-7,10H2,1-2H3. The second kappa shape index (κ2) is 5.51. The quantitative estimate of drug-likeness (QED) is 0.880. The zero-order chi connectivity index (χ0) is 14.2. The summed E-state index contributed by atoms with van der Waals surface area (Å²) in [5.74, 6) is 0.908. The van der Waals surface area contributed by atoms with E-state index in [-0.39, 0.29) is 11.6 Å². The minimum Gasteiger partial charge on any atom is -0.458 e. The molecule has 3 rings (SSSR count). The topological polar surface area (TPSA) is 34.4 Å². The molecule has 1 N–H and O–H groups in total. The Morgan fingerprint density at radius 3 is 3.05 bits per heavy atom. The summed E-state index contributed by atoms with van der Waals surface area (Å²) in [4.78, 5) is 0. The summed E-state index contributed by atoms with van der Waals surface area (Å²) in [6.45, 7) is 6.04. The first-order valence-corrected chi connectivity index (χ1v) is 7.94. The number of furan rings is 1. The maximum Gasteiger partial charge on any atom is 0.135 e. The highest BCUT2D eigenvalue weighted by Gasteiger charge is 2.28. The van der Waals surface area contributed by atoms with E-state index in [0.29, 0.717) is 0 Å². The van der Waals surface area contributed by atoms with Crippen molar-refractivity contribution in [2.24, 2.45) is 0 Å². The molecule has 1 aliphatic rings. The predicted octanol–water partition coefficient (Wildman–Crippen LogP) is 4.42. The summed E-state index contributed by atoms with van der Waals surface area (Å²) in [6.07, 6.45) is 2.14. The largest absolute Gasteiger partial charge is 0.458 e. The van der Waals surface area contributed by atoms with Gasteiger partial charge < -0.3 is 14.5 Å². The molecule has 20 heavy (non-hydrogen) atoms. The van der Waals surface area contributed by atoms with Crippen molar-refractivity contribution in [3.05, 3.63) is 34.5 Å². The fourth-order valence-corrected chi connectivity index (χ4v) is 2.97. The van der Waals surface area contributed by atoms with Crippen molar-refractivity contribution >= 4 is 26.9 Å². The van der Waals surface area contributed by atoms with E-state index in [4.69, 9.17) is 9.15 Å². The van der Waals surface area contributed by atoms with Gasteiger partial charge in [0, 0.05) is 28.5 Å². The molecule has 1 aliphatic heterocycles. The van der Waals surface area contributed by atoms with Gasteiger partial charge in [-0.15, -0.1) is 0 Å². The third-order valence-corrected chi connectivity index (χ3v) is 4.78. The minimum absolute atomic E-state index is 0.00505. The predicted molar refractivity (Wildman–Crippen MR) is 83.9 cm³/mol. The second-order valence-electron chi connectivity index (χ2n) is 5.74. The summed E-state index contributed by atoms with van der Waals surface area (Å²) >= 11 is 3.49. The molecule has 2 atom stereocenters. The van der Waals surface area contributed by atoms with Crippen molar-refractivity contribution in [1.82, 2.24) is 5.32 Å². The van der Waals surface area contributed by atoms with Crippen LogP contribution in [0.5, 0.6) is 0 Å². The molecular weight excluding hydrogens is 318 g/mol. The van der Waals surface area contributed by atoms with Gasteiger partial charge in [-0.25, -0.2) is 0 Å². The zero-order valence-corrected chi connectivity index (χ0v) is 13.5. The molecule has 0 bridgehead atoms. The van der Waals surface area contributed by atoms with Crippen LogP contribution in [-0.4, -0.2) is 18.7 Å². The zero-order valence-electron chi connectivity index (χ0n) is 11.9. The Morgan fingerprint density at radius 1 is 1.40 bits per heavy atom. The molecule has 108 valence electrons. The van der Waals surface area contributed by atoms with Crippen LogP contribution in [0.3, 0.4) is 0 Å². The van der Waals surface area contributed by atoms with Gasteiger partial charge in [0.1, 0.15) is 17.4 Å². The first-order chi connectivity index (χ1) is 9.59. The van der Waals surface area contributed by atoms with Crippen LogP contribution in [-0.2, 0) is 4.74 Å². The molecule has 1 aromatic carbocycles. The Balaban J connectivity index is 1.84. The monoisotopic (exact) mass is 337 g/mol. The van der Waals surface area contributed by atoms with E-state index in [1.165, 1.54) is 0 Å². The molecule has 2 heterocycles. The number of hydrogen-bond acceptors (Lipinski definition) is 3. The average molecular weight is 338 g/mol. The summed E-state index contributed by atoms with van der Waals surface area (Å²) in [6, 6.07) is 8.14. The maximum atomic E-state index is 5.98. The van der Waals surface area contributed by atoms with Crippen molar-refractivity contribution in [3.63, 3.8) is 0 Å². The van der Waals surface area contributed by atoms with E-state index in [2.05, 4.69) is 47.2 Å². The van der Waals surface area contributed by atoms with Gasteiger partial charge in [0.25, 0.3) is 0 Å². The van der Waals surface area contributed by atoms with Crippen molar-refractivity contribution in [2.75, 3.05) is 13.2 Å². The molecule has 1 saturated heterocycles. The number of rotatable bonds is 2. The van der Waals surface area contributed by atoms with E-state index in [9.17, 15) is 0 Å². The Morgan fingerprint density at radius 2 is 2.25 bits per heavy atom. The fourth-order valence-electron chi connectivity index (χ4n) is 2.59. The van der Waals surface area contributed by atoms with E-state index in [1.807, 2.05) is 12.1 Å². The van der Waals surface area contributed by atoms with Crippen LogP contribution in [0.2, 0.25) is 0 Å². The third-order valence-electron chi connectivity index (χ3n) is 4.28. The van der Waals surface area contributed by atoms with Crippen LogP contribution in [0, 0.1) is 0 Å². The van der Waals surface area contributed by atoms with Crippen LogP contribution in [0.1, 0.15) is 38.6 Å². The van der Waals surface area contributed by atoms with E-state index in [1.54, 1.807) is 0 Å². The van der Waals surface area contributed by atoms with E-state index < -0.39 is 0 Å². The Hall–Kier alpha value is -0.840. The molecule has 4 heteroatoms. The molecule has 0 spiro atoms. The molecule has 0 radical (unpaired) electrons. The van der Waals surface area contributed by atoms with Gasteiger partial charge in [-0.2, -0.15) is 0 Å². The van der Waals surface area contributed by atoms with Gasteiger partial charge in [-0.1, -0.05) is 22.9 Å².